The minimum absolute atomic E-state index is 0.560. The van der Waals surface area contributed by atoms with Crippen molar-refractivity contribution in [2.75, 3.05) is 5.73 Å². The lowest BCUT2D eigenvalue weighted by Crippen LogP contribution is -1.89. The van der Waals surface area contributed by atoms with Crippen LogP contribution in [0.3, 0.4) is 0 Å². The minimum atomic E-state index is 0.560. The molecule has 0 saturated carbocycles. The van der Waals surface area contributed by atoms with Crippen molar-refractivity contribution in [1.82, 2.24) is 15.2 Å². The minimum Gasteiger partial charge on any atom is -0.384 e. The number of nitrogens with one attached hydrogen (secondary N) is 1. The van der Waals surface area contributed by atoms with Crippen LogP contribution in [0.5, 0.6) is 0 Å². The van der Waals surface area contributed by atoms with Crippen LogP contribution in [-0.4, -0.2) is 15.2 Å². The SMILES string of the molecule is Nc1[nH]ncc1-c1ccc(-c2ccccc2)nc1. The van der Waals surface area contributed by atoms with Crippen LogP contribution >= 0.6 is 0 Å². The highest BCUT2D eigenvalue weighted by atomic mass is 15.1. The number of H-pyrrole nitrogens is 1. The summed E-state index contributed by atoms with van der Waals surface area (Å²) >= 11 is 0. The van der Waals surface area contributed by atoms with E-state index in [1.165, 1.54) is 0 Å². The molecule has 0 aliphatic heterocycles. The zero-order valence-electron chi connectivity index (χ0n) is 9.67. The molecule has 4 nitrogen and oxygen atoms in total. The van der Waals surface area contributed by atoms with Gasteiger partial charge >= 0.3 is 0 Å². The Hall–Kier alpha value is -2.62. The third kappa shape index (κ3) is 1.84. The van der Waals surface area contributed by atoms with E-state index in [1.807, 2.05) is 48.7 Å². The molecule has 0 bridgehead atoms. The number of anilines is 1. The van der Waals surface area contributed by atoms with Gasteiger partial charge in [-0.05, 0) is 6.07 Å². The van der Waals surface area contributed by atoms with Crippen molar-refractivity contribution in [2.24, 2.45) is 0 Å². The van der Waals surface area contributed by atoms with Crippen LogP contribution in [0.2, 0.25) is 0 Å². The number of hydrogen-bond donors (Lipinski definition) is 2. The second-order valence-corrected chi connectivity index (χ2v) is 4.00. The number of hydrogen-bond acceptors (Lipinski definition) is 3. The number of aromatic nitrogens is 3. The van der Waals surface area contributed by atoms with Crippen LogP contribution in [0, 0.1) is 0 Å². The molecule has 3 rings (SSSR count). The quantitative estimate of drug-likeness (QED) is 0.718. The van der Waals surface area contributed by atoms with E-state index in [0.29, 0.717) is 5.82 Å². The fourth-order valence-corrected chi connectivity index (χ4v) is 1.86. The molecule has 0 aliphatic rings. The number of nitrogens with zero attached hydrogens (tertiary/aromatic N) is 2. The Morgan fingerprint density at radius 2 is 1.72 bits per heavy atom. The van der Waals surface area contributed by atoms with E-state index in [1.54, 1.807) is 6.20 Å². The summed E-state index contributed by atoms with van der Waals surface area (Å²) in [5.74, 6) is 0.560. The summed E-state index contributed by atoms with van der Waals surface area (Å²) in [6, 6.07) is 14.0. The van der Waals surface area contributed by atoms with Crippen LogP contribution in [0.15, 0.2) is 54.9 Å². The number of benzene rings is 1. The molecule has 0 fully saturated rings. The van der Waals surface area contributed by atoms with Gasteiger partial charge in [0.1, 0.15) is 5.82 Å². The highest BCUT2D eigenvalue weighted by molar-refractivity contribution is 5.73. The van der Waals surface area contributed by atoms with Gasteiger partial charge in [-0.3, -0.25) is 10.1 Å². The van der Waals surface area contributed by atoms with Gasteiger partial charge in [-0.25, -0.2) is 0 Å². The van der Waals surface area contributed by atoms with Gasteiger partial charge in [0, 0.05) is 22.9 Å². The summed E-state index contributed by atoms with van der Waals surface area (Å²) in [5.41, 5.74) is 9.66. The third-order valence-corrected chi connectivity index (χ3v) is 2.81. The van der Waals surface area contributed by atoms with Gasteiger partial charge < -0.3 is 5.73 Å². The first-order chi connectivity index (χ1) is 8.84. The number of rotatable bonds is 2. The summed E-state index contributed by atoms with van der Waals surface area (Å²) in [7, 11) is 0. The summed E-state index contributed by atoms with van der Waals surface area (Å²) in [6.45, 7) is 0. The van der Waals surface area contributed by atoms with E-state index in [-0.39, 0.29) is 0 Å². The Kier molecular flexibility index (Phi) is 2.53. The summed E-state index contributed by atoms with van der Waals surface area (Å²) < 4.78 is 0. The topological polar surface area (TPSA) is 67.6 Å². The molecule has 0 aliphatic carbocycles. The molecule has 0 unspecified atom stereocenters. The predicted molar refractivity (Wildman–Crippen MR) is 71.7 cm³/mol. The average Bonchev–Trinajstić information content (AvgIpc) is 2.86. The van der Waals surface area contributed by atoms with Crippen molar-refractivity contribution in [3.8, 4) is 22.4 Å². The molecule has 1 aromatic carbocycles. The summed E-state index contributed by atoms with van der Waals surface area (Å²) in [5, 5.41) is 6.61. The molecule has 2 aromatic heterocycles. The molecule has 0 amide bonds. The first-order valence-corrected chi connectivity index (χ1v) is 5.65. The largest absolute Gasteiger partial charge is 0.384 e. The first-order valence-electron chi connectivity index (χ1n) is 5.65. The Bertz CT molecular complexity index is 641. The van der Waals surface area contributed by atoms with Gasteiger partial charge in [0.2, 0.25) is 0 Å². The van der Waals surface area contributed by atoms with Gasteiger partial charge in [0.15, 0.2) is 0 Å². The predicted octanol–water partition coefficient (Wildman–Crippen LogP) is 2.72. The molecule has 0 atom stereocenters. The van der Waals surface area contributed by atoms with Gasteiger partial charge in [-0.15, -0.1) is 0 Å². The molecule has 3 N–H and O–H groups in total. The fraction of sp³-hybridized carbons (Fsp3) is 0. The number of nitrogen functional groups attached to an aromatic ring is 1. The van der Waals surface area contributed by atoms with E-state index in [0.717, 1.165) is 22.4 Å². The van der Waals surface area contributed by atoms with Crippen LogP contribution in [-0.2, 0) is 0 Å². The zero-order chi connectivity index (χ0) is 12.4. The lowest BCUT2D eigenvalue weighted by molar-refractivity contribution is 1.10. The average molecular weight is 236 g/mol. The molecule has 4 heteroatoms. The Labute approximate surface area is 105 Å². The Balaban J connectivity index is 1.97. The van der Waals surface area contributed by atoms with Gasteiger partial charge in [-0.1, -0.05) is 36.4 Å². The van der Waals surface area contributed by atoms with Crippen molar-refractivity contribution in [1.29, 1.82) is 0 Å². The maximum absolute atomic E-state index is 5.78. The second-order valence-electron chi connectivity index (χ2n) is 4.00. The highest BCUT2D eigenvalue weighted by Crippen LogP contribution is 2.25. The molecule has 18 heavy (non-hydrogen) atoms. The standard InChI is InChI=1S/C14H12N4/c15-14-12(9-17-18-14)11-6-7-13(16-8-11)10-4-2-1-3-5-10/h1-9H,(H3,15,17,18). The molecular weight excluding hydrogens is 224 g/mol. The molecule has 88 valence electrons. The van der Waals surface area contributed by atoms with E-state index in [2.05, 4.69) is 15.2 Å². The van der Waals surface area contributed by atoms with Crippen molar-refractivity contribution < 1.29 is 0 Å². The second kappa shape index (κ2) is 4.33. The van der Waals surface area contributed by atoms with Crippen molar-refractivity contribution in [2.45, 2.75) is 0 Å². The van der Waals surface area contributed by atoms with Crippen molar-refractivity contribution in [3.05, 3.63) is 54.9 Å². The van der Waals surface area contributed by atoms with E-state index >= 15 is 0 Å². The first kappa shape index (κ1) is 10.5. The Morgan fingerprint density at radius 1 is 0.889 bits per heavy atom. The van der Waals surface area contributed by atoms with Crippen LogP contribution < -0.4 is 5.73 Å². The fourth-order valence-electron chi connectivity index (χ4n) is 1.86. The zero-order valence-corrected chi connectivity index (χ0v) is 9.67. The van der Waals surface area contributed by atoms with Crippen LogP contribution in [0.4, 0.5) is 5.82 Å². The lowest BCUT2D eigenvalue weighted by Gasteiger charge is -2.02. The van der Waals surface area contributed by atoms with Gasteiger partial charge in [0.25, 0.3) is 0 Å². The van der Waals surface area contributed by atoms with Crippen LogP contribution in [0.25, 0.3) is 22.4 Å². The molecule has 0 spiro atoms. The summed E-state index contributed by atoms with van der Waals surface area (Å²) in [6.07, 6.45) is 3.51. The van der Waals surface area contributed by atoms with Gasteiger partial charge in [0.05, 0.1) is 11.9 Å². The van der Waals surface area contributed by atoms with Crippen molar-refractivity contribution >= 4 is 5.82 Å². The monoisotopic (exact) mass is 236 g/mol. The van der Waals surface area contributed by atoms with E-state index in [9.17, 15) is 0 Å². The Morgan fingerprint density at radius 3 is 2.33 bits per heavy atom. The number of pyridine rings is 1. The van der Waals surface area contributed by atoms with E-state index in [4.69, 9.17) is 5.73 Å². The smallest absolute Gasteiger partial charge is 0.126 e. The lowest BCUT2D eigenvalue weighted by atomic mass is 10.1. The molecule has 2 heterocycles. The van der Waals surface area contributed by atoms with Crippen LogP contribution in [0.1, 0.15) is 0 Å². The summed E-state index contributed by atoms with van der Waals surface area (Å²) in [4.78, 5) is 4.45. The molecule has 0 saturated heterocycles. The molecule has 0 radical (unpaired) electrons. The third-order valence-electron chi connectivity index (χ3n) is 2.81. The maximum Gasteiger partial charge on any atom is 0.126 e. The normalized spacial score (nSPS) is 10.4. The van der Waals surface area contributed by atoms with Crippen molar-refractivity contribution in [3.63, 3.8) is 0 Å². The maximum atomic E-state index is 5.78. The van der Waals surface area contributed by atoms with E-state index < -0.39 is 0 Å². The highest BCUT2D eigenvalue weighted by Gasteiger charge is 2.05. The number of aromatic amines is 1. The van der Waals surface area contributed by atoms with Gasteiger partial charge in [-0.2, -0.15) is 5.10 Å². The molecular formula is C14H12N4. The molecule has 3 aromatic rings. The number of nitrogens with two attached hydrogens (primary N) is 1.